The van der Waals surface area contributed by atoms with Gasteiger partial charge in [-0.2, -0.15) is 0 Å². The minimum atomic E-state index is -0.0282. The Hall–Kier alpha value is -1.61. The number of hydrogen-bond donors (Lipinski definition) is 0. The van der Waals surface area contributed by atoms with E-state index >= 15 is 0 Å². The van der Waals surface area contributed by atoms with Crippen molar-refractivity contribution in [3.8, 4) is 0 Å². The molecular formula is C18H21ClN2O. The van der Waals surface area contributed by atoms with Gasteiger partial charge in [0.25, 0.3) is 5.91 Å². The molecule has 0 spiro atoms. The summed E-state index contributed by atoms with van der Waals surface area (Å²) in [6.07, 6.45) is 7.13. The van der Waals surface area contributed by atoms with E-state index in [2.05, 4.69) is 4.98 Å². The van der Waals surface area contributed by atoms with E-state index in [1.54, 1.807) is 0 Å². The lowest BCUT2D eigenvalue weighted by Gasteiger charge is -2.27. The van der Waals surface area contributed by atoms with Gasteiger partial charge < -0.3 is 4.90 Å². The van der Waals surface area contributed by atoms with Gasteiger partial charge in [0.05, 0.1) is 0 Å². The van der Waals surface area contributed by atoms with Gasteiger partial charge in [0.1, 0.15) is 10.8 Å². The second kappa shape index (κ2) is 6.66. The van der Waals surface area contributed by atoms with E-state index < -0.39 is 0 Å². The Morgan fingerprint density at radius 1 is 1.18 bits per heavy atom. The van der Waals surface area contributed by atoms with Crippen LogP contribution in [0.4, 0.5) is 0 Å². The van der Waals surface area contributed by atoms with Crippen LogP contribution >= 0.6 is 11.6 Å². The number of rotatable bonds is 2. The van der Waals surface area contributed by atoms with Crippen LogP contribution in [-0.4, -0.2) is 28.9 Å². The molecule has 0 bridgehead atoms. The van der Waals surface area contributed by atoms with Crippen LogP contribution in [-0.2, 0) is 0 Å². The van der Waals surface area contributed by atoms with E-state index in [1.807, 2.05) is 42.3 Å². The first-order valence-electron chi connectivity index (χ1n) is 7.99. The van der Waals surface area contributed by atoms with Crippen molar-refractivity contribution >= 4 is 28.3 Å². The third-order valence-electron chi connectivity index (χ3n) is 4.61. The number of nitrogens with zero attached hydrogens (tertiary/aromatic N) is 2. The quantitative estimate of drug-likeness (QED) is 0.595. The summed E-state index contributed by atoms with van der Waals surface area (Å²) in [6.45, 7) is 0. The minimum Gasteiger partial charge on any atom is -0.337 e. The minimum absolute atomic E-state index is 0.0282. The zero-order valence-electron chi connectivity index (χ0n) is 12.9. The largest absolute Gasteiger partial charge is 0.337 e. The fourth-order valence-corrected chi connectivity index (χ4v) is 3.52. The van der Waals surface area contributed by atoms with Gasteiger partial charge in [0, 0.05) is 18.5 Å². The fourth-order valence-electron chi connectivity index (χ4n) is 3.26. The number of amides is 1. The van der Waals surface area contributed by atoms with Gasteiger partial charge in [0.15, 0.2) is 0 Å². The summed E-state index contributed by atoms with van der Waals surface area (Å²) < 4.78 is 0. The first-order valence-corrected chi connectivity index (χ1v) is 8.37. The Labute approximate surface area is 136 Å². The van der Waals surface area contributed by atoms with Crippen LogP contribution in [0.1, 0.15) is 49.0 Å². The molecule has 22 heavy (non-hydrogen) atoms. The summed E-state index contributed by atoms with van der Waals surface area (Å²) in [7, 11) is 1.89. The lowest BCUT2D eigenvalue weighted by Crippen LogP contribution is -2.37. The first-order chi connectivity index (χ1) is 10.7. The van der Waals surface area contributed by atoms with Crippen molar-refractivity contribution in [2.75, 3.05) is 7.05 Å². The number of halogens is 1. The van der Waals surface area contributed by atoms with Crippen molar-refractivity contribution in [1.29, 1.82) is 0 Å². The lowest BCUT2D eigenvalue weighted by atomic mass is 10.1. The van der Waals surface area contributed by atoms with Crippen molar-refractivity contribution in [1.82, 2.24) is 9.88 Å². The second-order valence-electron chi connectivity index (χ2n) is 6.08. The third kappa shape index (κ3) is 3.09. The van der Waals surface area contributed by atoms with Crippen molar-refractivity contribution in [2.45, 2.75) is 44.6 Å². The topological polar surface area (TPSA) is 33.2 Å². The molecule has 1 saturated carbocycles. The van der Waals surface area contributed by atoms with Gasteiger partial charge in [-0.25, -0.2) is 4.98 Å². The molecule has 0 unspecified atom stereocenters. The molecule has 0 N–H and O–H groups in total. The maximum Gasteiger partial charge on any atom is 0.272 e. The maximum atomic E-state index is 12.8. The molecule has 0 atom stereocenters. The molecule has 2 aromatic rings. The van der Waals surface area contributed by atoms with Crippen molar-refractivity contribution in [3.63, 3.8) is 0 Å². The normalized spacial score (nSPS) is 16.5. The Morgan fingerprint density at radius 2 is 1.86 bits per heavy atom. The zero-order valence-corrected chi connectivity index (χ0v) is 13.6. The molecular weight excluding hydrogens is 296 g/mol. The molecule has 3 nitrogen and oxygen atoms in total. The van der Waals surface area contributed by atoms with E-state index in [0.717, 1.165) is 23.6 Å². The Kier molecular flexibility index (Phi) is 4.63. The summed E-state index contributed by atoms with van der Waals surface area (Å²) in [5.74, 6) is -0.0282. The molecule has 1 aliphatic carbocycles. The molecule has 1 heterocycles. The van der Waals surface area contributed by atoms with E-state index in [1.165, 1.54) is 25.7 Å². The number of carbonyl (C=O) groups is 1. The summed E-state index contributed by atoms with van der Waals surface area (Å²) in [5.41, 5.74) is 0.440. The standard InChI is InChI=1S/C18H21ClN2O/c1-21(14-9-4-2-3-5-10-14)18(22)16-12-13-8-6-7-11-15(13)17(19)20-16/h6-8,11-12,14H,2-5,9-10H2,1H3. The number of hydrogen-bond acceptors (Lipinski definition) is 2. The van der Waals surface area contributed by atoms with E-state index in [-0.39, 0.29) is 5.91 Å². The van der Waals surface area contributed by atoms with Crippen LogP contribution in [0.3, 0.4) is 0 Å². The fraction of sp³-hybridized carbons (Fsp3) is 0.444. The Morgan fingerprint density at radius 3 is 2.59 bits per heavy atom. The highest BCUT2D eigenvalue weighted by Gasteiger charge is 2.23. The number of fused-ring (bicyclic) bond motifs is 1. The third-order valence-corrected chi connectivity index (χ3v) is 4.89. The molecule has 4 heteroatoms. The average Bonchev–Trinajstić information content (AvgIpc) is 2.82. The molecule has 116 valence electrons. The molecule has 0 saturated heterocycles. The number of carbonyl (C=O) groups excluding carboxylic acids is 1. The van der Waals surface area contributed by atoms with Gasteiger partial charge in [-0.1, -0.05) is 61.5 Å². The average molecular weight is 317 g/mol. The summed E-state index contributed by atoms with van der Waals surface area (Å²) >= 11 is 6.24. The molecule has 0 radical (unpaired) electrons. The predicted molar refractivity (Wildman–Crippen MR) is 90.3 cm³/mol. The van der Waals surface area contributed by atoms with E-state index in [0.29, 0.717) is 16.9 Å². The van der Waals surface area contributed by atoms with Gasteiger partial charge in [0.2, 0.25) is 0 Å². The van der Waals surface area contributed by atoms with Crippen LogP contribution in [0.25, 0.3) is 10.8 Å². The van der Waals surface area contributed by atoms with Gasteiger partial charge in [-0.3, -0.25) is 4.79 Å². The van der Waals surface area contributed by atoms with Crippen molar-refractivity contribution < 1.29 is 4.79 Å². The molecule has 1 aromatic carbocycles. The Bertz CT molecular complexity index is 678. The molecule has 1 amide bonds. The molecule has 3 rings (SSSR count). The van der Waals surface area contributed by atoms with E-state index in [9.17, 15) is 4.79 Å². The number of pyridine rings is 1. The van der Waals surface area contributed by atoms with Gasteiger partial charge in [-0.05, 0) is 24.3 Å². The smallest absolute Gasteiger partial charge is 0.272 e. The Balaban J connectivity index is 1.87. The molecule has 1 aliphatic rings. The van der Waals surface area contributed by atoms with Crippen LogP contribution in [0, 0.1) is 0 Å². The highest BCUT2D eigenvalue weighted by atomic mass is 35.5. The van der Waals surface area contributed by atoms with Crippen molar-refractivity contribution in [3.05, 3.63) is 41.2 Å². The second-order valence-corrected chi connectivity index (χ2v) is 6.44. The SMILES string of the molecule is CN(C(=O)c1cc2ccccc2c(Cl)n1)C1CCCCCC1. The van der Waals surface area contributed by atoms with Crippen LogP contribution in [0.5, 0.6) is 0 Å². The van der Waals surface area contributed by atoms with Crippen LogP contribution < -0.4 is 0 Å². The van der Waals surface area contributed by atoms with Gasteiger partial charge in [-0.15, -0.1) is 0 Å². The zero-order chi connectivity index (χ0) is 15.5. The maximum absolute atomic E-state index is 12.8. The molecule has 1 fully saturated rings. The lowest BCUT2D eigenvalue weighted by molar-refractivity contribution is 0.0712. The molecule has 0 aliphatic heterocycles. The van der Waals surface area contributed by atoms with Gasteiger partial charge >= 0.3 is 0 Å². The van der Waals surface area contributed by atoms with Crippen LogP contribution in [0.15, 0.2) is 30.3 Å². The number of aromatic nitrogens is 1. The van der Waals surface area contributed by atoms with Crippen LogP contribution in [0.2, 0.25) is 5.15 Å². The highest BCUT2D eigenvalue weighted by molar-refractivity contribution is 6.34. The monoisotopic (exact) mass is 316 g/mol. The summed E-state index contributed by atoms with van der Waals surface area (Å²) in [4.78, 5) is 18.9. The summed E-state index contributed by atoms with van der Waals surface area (Å²) in [5, 5.41) is 2.24. The van der Waals surface area contributed by atoms with E-state index in [4.69, 9.17) is 11.6 Å². The number of benzene rings is 1. The predicted octanol–water partition coefficient (Wildman–Crippen LogP) is 4.68. The first kappa shape index (κ1) is 15.3. The summed E-state index contributed by atoms with van der Waals surface area (Å²) in [6, 6.07) is 9.93. The highest BCUT2D eigenvalue weighted by Crippen LogP contribution is 2.25. The van der Waals surface area contributed by atoms with Crippen molar-refractivity contribution in [2.24, 2.45) is 0 Å². The molecule has 1 aromatic heterocycles.